The maximum absolute atomic E-state index is 12.3. The fraction of sp³-hybridized carbons (Fsp3) is 0.0435. The topological polar surface area (TPSA) is 43.4 Å². The Morgan fingerprint density at radius 1 is 0.889 bits per heavy atom. The zero-order chi connectivity index (χ0) is 19.2. The Bertz CT molecular complexity index is 1000. The highest BCUT2D eigenvalue weighted by Gasteiger charge is 2.11. The van der Waals surface area contributed by atoms with Crippen molar-refractivity contribution >= 4 is 29.4 Å². The first kappa shape index (κ1) is 18.6. The molecule has 4 heteroatoms. The first-order valence-electron chi connectivity index (χ1n) is 8.39. The van der Waals surface area contributed by atoms with E-state index in [2.05, 4.69) is 0 Å². The van der Waals surface area contributed by atoms with Crippen molar-refractivity contribution in [2.45, 2.75) is 6.92 Å². The van der Waals surface area contributed by atoms with Gasteiger partial charge < -0.3 is 4.74 Å². The van der Waals surface area contributed by atoms with E-state index in [1.54, 1.807) is 48.5 Å². The maximum Gasteiger partial charge on any atom is 0.343 e. The van der Waals surface area contributed by atoms with Gasteiger partial charge in [0.1, 0.15) is 5.75 Å². The van der Waals surface area contributed by atoms with Crippen molar-refractivity contribution in [2.24, 2.45) is 0 Å². The van der Waals surface area contributed by atoms with Gasteiger partial charge in [0.2, 0.25) is 0 Å². The molecule has 0 radical (unpaired) electrons. The molecule has 0 heterocycles. The van der Waals surface area contributed by atoms with Gasteiger partial charge in [0.15, 0.2) is 5.78 Å². The molecular weight excluding hydrogens is 360 g/mol. The molecule has 0 bridgehead atoms. The Balaban J connectivity index is 1.68. The quantitative estimate of drug-likeness (QED) is 0.246. The van der Waals surface area contributed by atoms with Crippen LogP contribution in [0.4, 0.5) is 0 Å². The lowest BCUT2D eigenvalue weighted by atomic mass is 10.1. The van der Waals surface area contributed by atoms with Crippen molar-refractivity contribution < 1.29 is 14.3 Å². The molecule has 134 valence electrons. The Labute approximate surface area is 162 Å². The number of carbonyl (C=O) groups is 2. The van der Waals surface area contributed by atoms with Crippen LogP contribution < -0.4 is 4.74 Å². The number of halogens is 1. The third-order valence-electron chi connectivity index (χ3n) is 4.03. The van der Waals surface area contributed by atoms with Crippen molar-refractivity contribution in [1.82, 2.24) is 0 Å². The lowest BCUT2D eigenvalue weighted by Gasteiger charge is -2.07. The van der Waals surface area contributed by atoms with Crippen molar-refractivity contribution in [3.05, 3.63) is 106 Å². The summed E-state index contributed by atoms with van der Waals surface area (Å²) in [6.07, 6.45) is 3.15. The Morgan fingerprint density at radius 2 is 1.56 bits per heavy atom. The largest absolute Gasteiger partial charge is 0.423 e. The predicted molar refractivity (Wildman–Crippen MR) is 107 cm³/mol. The van der Waals surface area contributed by atoms with Gasteiger partial charge in [0.05, 0.1) is 5.56 Å². The molecule has 0 aromatic heterocycles. The summed E-state index contributed by atoms with van der Waals surface area (Å²) in [6.45, 7) is 1.85. The average molecular weight is 377 g/mol. The Morgan fingerprint density at radius 3 is 2.26 bits per heavy atom. The van der Waals surface area contributed by atoms with E-state index in [1.165, 1.54) is 6.08 Å². The monoisotopic (exact) mass is 376 g/mol. The van der Waals surface area contributed by atoms with E-state index < -0.39 is 5.97 Å². The molecule has 0 saturated heterocycles. The van der Waals surface area contributed by atoms with Gasteiger partial charge >= 0.3 is 5.97 Å². The van der Waals surface area contributed by atoms with Gasteiger partial charge in [-0.3, -0.25) is 4.79 Å². The molecular formula is C23H17ClO3. The maximum atomic E-state index is 12.3. The fourth-order valence-electron chi connectivity index (χ4n) is 2.52. The highest BCUT2D eigenvalue weighted by molar-refractivity contribution is 6.32. The predicted octanol–water partition coefficient (Wildman–Crippen LogP) is 5.76. The summed E-state index contributed by atoms with van der Waals surface area (Å²) >= 11 is 6.07. The van der Waals surface area contributed by atoms with Crippen molar-refractivity contribution in [2.75, 3.05) is 0 Å². The van der Waals surface area contributed by atoms with Gasteiger partial charge in [-0.05, 0) is 66.6 Å². The van der Waals surface area contributed by atoms with Gasteiger partial charge in [-0.15, -0.1) is 0 Å². The molecule has 0 spiro atoms. The number of allylic oxidation sites excluding steroid dienone is 1. The highest BCUT2D eigenvalue weighted by Crippen LogP contribution is 2.19. The molecule has 0 amide bonds. The van der Waals surface area contributed by atoms with Crippen LogP contribution in [-0.2, 0) is 0 Å². The lowest BCUT2D eigenvalue weighted by Crippen LogP contribution is -2.10. The SMILES string of the molecule is Cc1ccccc1C(=O)Oc1ccc(C(=O)/C=C/c2ccccc2Cl)cc1. The second kappa shape index (κ2) is 8.47. The summed E-state index contributed by atoms with van der Waals surface area (Å²) in [5.41, 5.74) is 2.63. The normalized spacial score (nSPS) is 10.7. The van der Waals surface area contributed by atoms with Gasteiger partial charge in [-0.2, -0.15) is 0 Å². The van der Waals surface area contributed by atoms with Crippen LogP contribution in [0.3, 0.4) is 0 Å². The second-order valence-electron chi connectivity index (χ2n) is 5.95. The third-order valence-corrected chi connectivity index (χ3v) is 4.38. The number of hydrogen-bond donors (Lipinski definition) is 0. The molecule has 27 heavy (non-hydrogen) atoms. The Kier molecular flexibility index (Phi) is 5.84. The minimum Gasteiger partial charge on any atom is -0.423 e. The zero-order valence-corrected chi connectivity index (χ0v) is 15.4. The van der Waals surface area contributed by atoms with E-state index in [0.29, 0.717) is 21.9 Å². The number of benzene rings is 3. The molecule has 0 aliphatic carbocycles. The van der Waals surface area contributed by atoms with Crippen LogP contribution in [0.2, 0.25) is 5.02 Å². The van der Waals surface area contributed by atoms with E-state index in [-0.39, 0.29) is 5.78 Å². The standard InChI is InChI=1S/C23H17ClO3/c1-16-6-2-4-8-20(16)23(26)27-19-13-10-18(11-14-19)22(25)15-12-17-7-3-5-9-21(17)24/h2-15H,1H3/b15-12+. The van der Waals surface area contributed by atoms with Crippen LogP contribution in [0.25, 0.3) is 6.08 Å². The molecule has 0 saturated carbocycles. The number of esters is 1. The molecule has 0 N–H and O–H groups in total. The van der Waals surface area contributed by atoms with Crippen LogP contribution in [-0.4, -0.2) is 11.8 Å². The molecule has 3 nitrogen and oxygen atoms in total. The van der Waals surface area contributed by atoms with E-state index in [0.717, 1.165) is 11.1 Å². The molecule has 0 atom stereocenters. The summed E-state index contributed by atoms with van der Waals surface area (Å²) in [5, 5.41) is 0.583. The lowest BCUT2D eigenvalue weighted by molar-refractivity contribution is 0.0734. The average Bonchev–Trinajstić information content (AvgIpc) is 2.68. The van der Waals surface area contributed by atoms with Crippen molar-refractivity contribution in [3.63, 3.8) is 0 Å². The van der Waals surface area contributed by atoms with Crippen LogP contribution in [0.15, 0.2) is 78.9 Å². The number of aryl methyl sites for hydroxylation is 1. The minimum absolute atomic E-state index is 0.160. The Hall–Kier alpha value is -3.17. The molecule has 0 fully saturated rings. The molecule has 3 rings (SSSR count). The summed E-state index contributed by atoms with van der Waals surface area (Å²) in [6, 6.07) is 21.0. The number of carbonyl (C=O) groups excluding carboxylic acids is 2. The fourth-order valence-corrected chi connectivity index (χ4v) is 2.72. The molecule has 0 aliphatic rings. The summed E-state index contributed by atoms with van der Waals surface area (Å²) in [7, 11) is 0. The third kappa shape index (κ3) is 4.72. The summed E-state index contributed by atoms with van der Waals surface area (Å²) < 4.78 is 5.38. The van der Waals surface area contributed by atoms with Gasteiger partial charge in [0.25, 0.3) is 0 Å². The first-order valence-corrected chi connectivity index (χ1v) is 8.77. The second-order valence-corrected chi connectivity index (χ2v) is 6.36. The summed E-state index contributed by atoms with van der Waals surface area (Å²) in [4.78, 5) is 24.5. The summed E-state index contributed by atoms with van der Waals surface area (Å²) in [5.74, 6) is -0.202. The van der Waals surface area contributed by atoms with E-state index in [1.807, 2.05) is 37.3 Å². The van der Waals surface area contributed by atoms with Crippen molar-refractivity contribution in [1.29, 1.82) is 0 Å². The highest BCUT2D eigenvalue weighted by atomic mass is 35.5. The van der Waals surface area contributed by atoms with Crippen LogP contribution >= 0.6 is 11.6 Å². The van der Waals surface area contributed by atoms with Crippen molar-refractivity contribution in [3.8, 4) is 5.75 Å². The van der Waals surface area contributed by atoms with Gasteiger partial charge in [-0.25, -0.2) is 4.79 Å². The number of hydrogen-bond acceptors (Lipinski definition) is 3. The van der Waals surface area contributed by atoms with E-state index >= 15 is 0 Å². The smallest absolute Gasteiger partial charge is 0.343 e. The van der Waals surface area contributed by atoms with E-state index in [4.69, 9.17) is 16.3 Å². The first-order chi connectivity index (χ1) is 13.0. The molecule has 0 unspecified atom stereocenters. The molecule has 3 aromatic carbocycles. The minimum atomic E-state index is -0.425. The van der Waals surface area contributed by atoms with Gasteiger partial charge in [0, 0.05) is 10.6 Å². The van der Waals surface area contributed by atoms with E-state index in [9.17, 15) is 9.59 Å². The van der Waals surface area contributed by atoms with Crippen LogP contribution in [0.5, 0.6) is 5.75 Å². The number of ether oxygens (including phenoxy) is 1. The zero-order valence-electron chi connectivity index (χ0n) is 14.7. The molecule has 3 aromatic rings. The molecule has 0 aliphatic heterocycles. The van der Waals surface area contributed by atoms with Gasteiger partial charge in [-0.1, -0.05) is 48.0 Å². The van der Waals surface area contributed by atoms with Crippen LogP contribution in [0.1, 0.15) is 31.8 Å². The number of rotatable bonds is 5. The number of ketones is 1. The van der Waals surface area contributed by atoms with Crippen LogP contribution in [0, 0.1) is 6.92 Å².